The van der Waals surface area contributed by atoms with E-state index in [2.05, 4.69) is 26.2 Å². The minimum absolute atomic E-state index is 0.0973. The summed E-state index contributed by atoms with van der Waals surface area (Å²) in [6.07, 6.45) is 3.29. The fourth-order valence-electron chi connectivity index (χ4n) is 1.19. The summed E-state index contributed by atoms with van der Waals surface area (Å²) in [5.74, 6) is 0. The number of amides is 2. The maximum absolute atomic E-state index is 11.7. The van der Waals surface area contributed by atoms with Crippen LogP contribution in [0.15, 0.2) is 22.9 Å². The van der Waals surface area contributed by atoms with Crippen molar-refractivity contribution in [3.63, 3.8) is 0 Å². The number of rotatable bonds is 3. The molecule has 0 aromatic carbocycles. The zero-order valence-corrected chi connectivity index (χ0v) is 10.4. The van der Waals surface area contributed by atoms with Gasteiger partial charge in [0.1, 0.15) is 0 Å². The van der Waals surface area contributed by atoms with E-state index in [4.69, 9.17) is 0 Å². The minimum atomic E-state index is -0.0973. The molecule has 0 fully saturated rings. The van der Waals surface area contributed by atoms with Crippen molar-refractivity contribution in [3.05, 3.63) is 22.9 Å². The van der Waals surface area contributed by atoms with Gasteiger partial charge in [-0.3, -0.25) is 4.98 Å². The molecule has 0 saturated carbocycles. The standard InChI is InChI=1S/C10H14BrN3O/c1-3-14(4-2)10(15)13-9-5-8(11)6-12-7-9/h5-7H,3-4H2,1-2H3,(H,13,15). The Balaban J connectivity index is 2.65. The highest BCUT2D eigenvalue weighted by Gasteiger charge is 2.09. The topological polar surface area (TPSA) is 45.2 Å². The largest absolute Gasteiger partial charge is 0.325 e. The Hall–Kier alpha value is -1.10. The molecule has 0 aliphatic rings. The molecule has 4 nitrogen and oxygen atoms in total. The zero-order valence-electron chi connectivity index (χ0n) is 8.83. The lowest BCUT2D eigenvalue weighted by molar-refractivity contribution is 0.217. The summed E-state index contributed by atoms with van der Waals surface area (Å²) >= 11 is 3.30. The van der Waals surface area contributed by atoms with Crippen LogP contribution in [0.4, 0.5) is 10.5 Å². The summed E-state index contributed by atoms with van der Waals surface area (Å²) in [6, 6.07) is 1.72. The molecule has 1 heterocycles. The number of pyridine rings is 1. The summed E-state index contributed by atoms with van der Waals surface area (Å²) in [7, 11) is 0. The Morgan fingerprint density at radius 2 is 2.13 bits per heavy atom. The van der Waals surface area contributed by atoms with Gasteiger partial charge in [0.25, 0.3) is 0 Å². The average Bonchev–Trinajstić information content (AvgIpc) is 2.19. The van der Waals surface area contributed by atoms with Gasteiger partial charge in [-0.2, -0.15) is 0 Å². The monoisotopic (exact) mass is 271 g/mol. The number of nitrogens with zero attached hydrogens (tertiary/aromatic N) is 2. The highest BCUT2D eigenvalue weighted by molar-refractivity contribution is 9.10. The summed E-state index contributed by atoms with van der Waals surface area (Å²) < 4.78 is 0.847. The number of urea groups is 1. The van der Waals surface area contributed by atoms with Crippen LogP contribution in [0.25, 0.3) is 0 Å². The van der Waals surface area contributed by atoms with Crippen molar-refractivity contribution < 1.29 is 4.79 Å². The van der Waals surface area contributed by atoms with Gasteiger partial charge in [0.15, 0.2) is 0 Å². The summed E-state index contributed by atoms with van der Waals surface area (Å²) in [5.41, 5.74) is 0.696. The summed E-state index contributed by atoms with van der Waals surface area (Å²) in [6.45, 7) is 5.29. The molecule has 0 unspecified atom stereocenters. The third-order valence-corrected chi connectivity index (χ3v) is 2.44. The number of carbonyl (C=O) groups excluding carboxylic acids is 1. The van der Waals surface area contributed by atoms with E-state index in [0.717, 1.165) is 4.47 Å². The molecule has 1 aromatic heterocycles. The Labute approximate surface area is 97.8 Å². The van der Waals surface area contributed by atoms with E-state index in [1.807, 2.05) is 19.9 Å². The van der Waals surface area contributed by atoms with Crippen molar-refractivity contribution in [2.45, 2.75) is 13.8 Å². The quantitative estimate of drug-likeness (QED) is 0.919. The minimum Gasteiger partial charge on any atom is -0.325 e. The van der Waals surface area contributed by atoms with Crippen LogP contribution in [0.2, 0.25) is 0 Å². The normalized spacial score (nSPS) is 9.80. The smallest absolute Gasteiger partial charge is 0.321 e. The van der Waals surface area contributed by atoms with Gasteiger partial charge in [0.05, 0.1) is 11.9 Å². The number of hydrogen-bond donors (Lipinski definition) is 1. The molecule has 0 radical (unpaired) electrons. The molecule has 15 heavy (non-hydrogen) atoms. The van der Waals surface area contributed by atoms with Crippen molar-refractivity contribution in [2.75, 3.05) is 18.4 Å². The fourth-order valence-corrected chi connectivity index (χ4v) is 1.56. The number of aromatic nitrogens is 1. The summed E-state index contributed by atoms with van der Waals surface area (Å²) in [5, 5.41) is 2.78. The van der Waals surface area contributed by atoms with Crippen molar-refractivity contribution in [3.8, 4) is 0 Å². The number of hydrogen-bond acceptors (Lipinski definition) is 2. The van der Waals surface area contributed by atoms with E-state index in [9.17, 15) is 4.79 Å². The van der Waals surface area contributed by atoms with Crippen LogP contribution in [0.1, 0.15) is 13.8 Å². The van der Waals surface area contributed by atoms with Gasteiger partial charge in [-0.15, -0.1) is 0 Å². The van der Waals surface area contributed by atoms with Gasteiger partial charge < -0.3 is 10.2 Å². The molecule has 2 amide bonds. The second-order valence-corrected chi connectivity index (χ2v) is 3.91. The molecule has 1 N–H and O–H groups in total. The Morgan fingerprint density at radius 3 is 2.67 bits per heavy atom. The number of nitrogens with one attached hydrogen (secondary N) is 1. The SMILES string of the molecule is CCN(CC)C(=O)Nc1cncc(Br)c1. The molecule has 1 aromatic rings. The van der Waals surface area contributed by atoms with Gasteiger partial charge in [-0.25, -0.2) is 4.79 Å². The Morgan fingerprint density at radius 1 is 1.47 bits per heavy atom. The molecular weight excluding hydrogens is 258 g/mol. The third kappa shape index (κ3) is 3.51. The second kappa shape index (κ2) is 5.70. The van der Waals surface area contributed by atoms with Crippen LogP contribution < -0.4 is 5.32 Å². The van der Waals surface area contributed by atoms with Crippen molar-refractivity contribution in [2.24, 2.45) is 0 Å². The van der Waals surface area contributed by atoms with E-state index >= 15 is 0 Å². The van der Waals surface area contributed by atoms with Gasteiger partial charge in [-0.05, 0) is 35.8 Å². The first-order valence-electron chi connectivity index (χ1n) is 4.83. The lowest BCUT2D eigenvalue weighted by Gasteiger charge is -2.18. The van der Waals surface area contributed by atoms with Crippen molar-refractivity contribution >= 4 is 27.6 Å². The van der Waals surface area contributed by atoms with Crippen LogP contribution in [-0.4, -0.2) is 29.0 Å². The average molecular weight is 272 g/mol. The van der Waals surface area contributed by atoms with Gasteiger partial charge in [0.2, 0.25) is 0 Å². The molecular formula is C10H14BrN3O. The van der Waals surface area contributed by atoms with Gasteiger partial charge in [-0.1, -0.05) is 0 Å². The molecule has 0 bridgehead atoms. The number of anilines is 1. The van der Waals surface area contributed by atoms with E-state index in [1.54, 1.807) is 17.3 Å². The van der Waals surface area contributed by atoms with Crippen molar-refractivity contribution in [1.82, 2.24) is 9.88 Å². The number of carbonyl (C=O) groups is 1. The molecule has 0 aliphatic carbocycles. The van der Waals surface area contributed by atoms with Crippen LogP contribution in [0, 0.1) is 0 Å². The molecule has 0 atom stereocenters. The Bertz CT molecular complexity index is 339. The van der Waals surface area contributed by atoms with Gasteiger partial charge in [0, 0.05) is 23.8 Å². The maximum atomic E-state index is 11.7. The molecule has 0 spiro atoms. The van der Waals surface area contributed by atoms with E-state index in [1.165, 1.54) is 0 Å². The van der Waals surface area contributed by atoms with Crippen molar-refractivity contribution in [1.29, 1.82) is 0 Å². The molecule has 5 heteroatoms. The number of halogens is 1. The maximum Gasteiger partial charge on any atom is 0.321 e. The second-order valence-electron chi connectivity index (χ2n) is 2.99. The van der Waals surface area contributed by atoms with Crippen LogP contribution in [0.5, 0.6) is 0 Å². The molecule has 1 rings (SSSR count). The van der Waals surface area contributed by atoms with E-state index in [0.29, 0.717) is 18.8 Å². The Kier molecular flexibility index (Phi) is 4.55. The third-order valence-electron chi connectivity index (χ3n) is 2.01. The van der Waals surface area contributed by atoms with Crippen LogP contribution in [-0.2, 0) is 0 Å². The lowest BCUT2D eigenvalue weighted by atomic mass is 10.4. The zero-order chi connectivity index (χ0) is 11.3. The highest BCUT2D eigenvalue weighted by atomic mass is 79.9. The summed E-state index contributed by atoms with van der Waals surface area (Å²) in [4.78, 5) is 17.3. The van der Waals surface area contributed by atoms with E-state index in [-0.39, 0.29) is 6.03 Å². The lowest BCUT2D eigenvalue weighted by Crippen LogP contribution is -2.34. The molecule has 0 saturated heterocycles. The van der Waals surface area contributed by atoms with Crippen LogP contribution >= 0.6 is 15.9 Å². The molecule has 82 valence electrons. The predicted molar refractivity (Wildman–Crippen MR) is 63.9 cm³/mol. The first-order chi connectivity index (χ1) is 7.17. The molecule has 0 aliphatic heterocycles. The first kappa shape index (κ1) is 12.0. The van der Waals surface area contributed by atoms with Crippen LogP contribution in [0.3, 0.4) is 0 Å². The fraction of sp³-hybridized carbons (Fsp3) is 0.400. The predicted octanol–water partition coefficient (Wildman–Crippen LogP) is 2.72. The van der Waals surface area contributed by atoms with Gasteiger partial charge >= 0.3 is 6.03 Å². The highest BCUT2D eigenvalue weighted by Crippen LogP contribution is 2.13. The first-order valence-corrected chi connectivity index (χ1v) is 5.63. The van der Waals surface area contributed by atoms with E-state index < -0.39 is 0 Å².